The van der Waals surface area contributed by atoms with E-state index in [-0.39, 0.29) is 30.0 Å². The summed E-state index contributed by atoms with van der Waals surface area (Å²) in [7, 11) is 0. The van der Waals surface area contributed by atoms with Crippen LogP contribution in [0.3, 0.4) is 0 Å². The third kappa shape index (κ3) is 4.81. The molecule has 3 aromatic rings. The quantitative estimate of drug-likeness (QED) is 0.455. The Balaban J connectivity index is 1.96. The van der Waals surface area contributed by atoms with E-state index in [4.69, 9.17) is 4.74 Å². The average molecular weight is 398 g/mol. The Morgan fingerprint density at radius 2 is 1.97 bits per heavy atom. The summed E-state index contributed by atoms with van der Waals surface area (Å²) in [5.74, 6) is 0.0317. The number of aliphatic hydroxyl groups is 2. The molecule has 0 aliphatic rings. The predicted molar refractivity (Wildman–Crippen MR) is 103 cm³/mol. The number of anilines is 1. The van der Waals surface area contributed by atoms with E-state index in [2.05, 4.69) is 9.97 Å². The second-order valence-corrected chi connectivity index (χ2v) is 6.14. The second kappa shape index (κ2) is 9.04. The SMILES string of the molecule is O=C(OCc1ccccc1)N(CC(O)CO)c1ncnc2ccc([N+](=O)[O-])cc12. The van der Waals surface area contributed by atoms with Crippen molar-refractivity contribution in [2.24, 2.45) is 0 Å². The summed E-state index contributed by atoms with van der Waals surface area (Å²) in [6.45, 7) is -0.931. The molecule has 0 saturated heterocycles. The normalized spacial score (nSPS) is 11.8. The molecule has 2 N–H and O–H groups in total. The van der Waals surface area contributed by atoms with Crippen LogP contribution in [0.4, 0.5) is 16.3 Å². The first-order chi connectivity index (χ1) is 14.0. The Hall–Kier alpha value is -3.63. The van der Waals surface area contributed by atoms with Crippen LogP contribution in [-0.4, -0.2) is 50.5 Å². The number of hydrogen-bond donors (Lipinski definition) is 2. The van der Waals surface area contributed by atoms with Crippen LogP contribution >= 0.6 is 0 Å². The molecule has 1 heterocycles. The molecule has 1 aromatic heterocycles. The number of benzene rings is 2. The molecule has 10 nitrogen and oxygen atoms in total. The second-order valence-electron chi connectivity index (χ2n) is 6.14. The van der Waals surface area contributed by atoms with Gasteiger partial charge in [0.05, 0.1) is 35.1 Å². The highest BCUT2D eigenvalue weighted by Crippen LogP contribution is 2.27. The minimum atomic E-state index is -1.26. The van der Waals surface area contributed by atoms with Crippen molar-refractivity contribution in [2.75, 3.05) is 18.1 Å². The fraction of sp³-hybridized carbons (Fsp3) is 0.211. The van der Waals surface area contributed by atoms with Crippen LogP contribution in [0.25, 0.3) is 10.9 Å². The van der Waals surface area contributed by atoms with Crippen LogP contribution < -0.4 is 4.90 Å². The van der Waals surface area contributed by atoms with Crippen LogP contribution in [0.15, 0.2) is 54.9 Å². The average Bonchev–Trinajstić information content (AvgIpc) is 2.75. The first-order valence-electron chi connectivity index (χ1n) is 8.66. The molecule has 3 rings (SSSR count). The molecule has 0 saturated carbocycles. The Labute approximate surface area is 165 Å². The number of non-ortho nitro benzene ring substituents is 1. The van der Waals surface area contributed by atoms with E-state index in [0.29, 0.717) is 5.52 Å². The number of aliphatic hydroxyl groups excluding tert-OH is 2. The number of amides is 1. The molecule has 0 radical (unpaired) electrons. The zero-order valence-corrected chi connectivity index (χ0v) is 15.2. The summed E-state index contributed by atoms with van der Waals surface area (Å²) in [5.41, 5.74) is 0.931. The number of carbonyl (C=O) groups is 1. The molecule has 150 valence electrons. The minimum absolute atomic E-state index is 0.0193. The molecule has 2 aromatic carbocycles. The number of ether oxygens (including phenoxy) is 1. The third-order valence-electron chi connectivity index (χ3n) is 4.09. The highest BCUT2D eigenvalue weighted by atomic mass is 16.6. The maximum Gasteiger partial charge on any atom is 0.415 e. The maximum absolute atomic E-state index is 12.7. The summed E-state index contributed by atoms with van der Waals surface area (Å²) in [5, 5.41) is 30.5. The Bertz CT molecular complexity index is 1010. The molecule has 0 aliphatic carbocycles. The summed E-state index contributed by atoms with van der Waals surface area (Å²) < 4.78 is 5.32. The van der Waals surface area contributed by atoms with Gasteiger partial charge in [-0.2, -0.15) is 0 Å². The van der Waals surface area contributed by atoms with Gasteiger partial charge in [0, 0.05) is 12.1 Å². The maximum atomic E-state index is 12.7. The number of rotatable bonds is 7. The summed E-state index contributed by atoms with van der Waals surface area (Å²) in [4.78, 5) is 32.5. The van der Waals surface area contributed by atoms with Crippen molar-refractivity contribution >= 4 is 28.5 Å². The lowest BCUT2D eigenvalue weighted by atomic mass is 10.2. The number of nitrogens with zero attached hydrogens (tertiary/aromatic N) is 4. The standard InChI is InChI=1S/C19H18N4O6/c24-10-15(25)9-22(19(26)29-11-13-4-2-1-3-5-13)18-16-8-14(23(27)28)6-7-17(16)20-12-21-18/h1-8,12,15,24-25H,9-11H2. The van der Waals surface area contributed by atoms with Gasteiger partial charge in [-0.1, -0.05) is 30.3 Å². The van der Waals surface area contributed by atoms with Crippen molar-refractivity contribution in [3.8, 4) is 0 Å². The van der Waals surface area contributed by atoms with Gasteiger partial charge >= 0.3 is 6.09 Å². The van der Waals surface area contributed by atoms with Gasteiger partial charge in [-0.05, 0) is 11.6 Å². The number of nitro benzene ring substituents is 1. The number of nitro groups is 1. The highest BCUT2D eigenvalue weighted by molar-refractivity contribution is 5.99. The molecular formula is C19H18N4O6. The fourth-order valence-corrected chi connectivity index (χ4v) is 2.67. The monoisotopic (exact) mass is 398 g/mol. The van der Waals surface area contributed by atoms with Crippen molar-refractivity contribution in [3.05, 3.63) is 70.5 Å². The van der Waals surface area contributed by atoms with Crippen molar-refractivity contribution < 1.29 is 24.7 Å². The minimum Gasteiger partial charge on any atom is -0.444 e. The number of hydrogen-bond acceptors (Lipinski definition) is 8. The van der Waals surface area contributed by atoms with Crippen LogP contribution in [0, 0.1) is 10.1 Å². The number of aromatic nitrogens is 2. The van der Waals surface area contributed by atoms with Crippen LogP contribution in [-0.2, 0) is 11.3 Å². The lowest BCUT2D eigenvalue weighted by molar-refractivity contribution is -0.384. The molecule has 0 fully saturated rings. The number of carbonyl (C=O) groups excluding carboxylic acids is 1. The molecule has 1 atom stereocenters. The Morgan fingerprint density at radius 3 is 2.66 bits per heavy atom. The Kier molecular flexibility index (Phi) is 6.27. The summed E-state index contributed by atoms with van der Waals surface area (Å²) >= 11 is 0. The molecule has 0 aliphatic heterocycles. The first kappa shape index (κ1) is 20.1. The number of fused-ring (bicyclic) bond motifs is 1. The molecule has 0 spiro atoms. The van der Waals surface area contributed by atoms with Crippen molar-refractivity contribution in [3.63, 3.8) is 0 Å². The Morgan fingerprint density at radius 1 is 1.21 bits per heavy atom. The van der Waals surface area contributed by atoms with Crippen molar-refractivity contribution in [2.45, 2.75) is 12.7 Å². The molecule has 0 bridgehead atoms. The van der Waals surface area contributed by atoms with Crippen molar-refractivity contribution in [1.82, 2.24) is 9.97 Å². The van der Waals surface area contributed by atoms with Gasteiger partial charge in [-0.3, -0.25) is 15.0 Å². The lowest BCUT2D eigenvalue weighted by Gasteiger charge is -2.24. The van der Waals surface area contributed by atoms with E-state index in [9.17, 15) is 25.1 Å². The zero-order chi connectivity index (χ0) is 20.8. The van der Waals surface area contributed by atoms with E-state index in [0.717, 1.165) is 10.5 Å². The van der Waals surface area contributed by atoms with Gasteiger partial charge in [-0.25, -0.2) is 14.8 Å². The molecule has 10 heteroatoms. The predicted octanol–water partition coefficient (Wildman–Crippen LogP) is 2.03. The van der Waals surface area contributed by atoms with Crippen LogP contribution in [0.2, 0.25) is 0 Å². The fourth-order valence-electron chi connectivity index (χ4n) is 2.67. The third-order valence-corrected chi connectivity index (χ3v) is 4.09. The first-order valence-corrected chi connectivity index (χ1v) is 8.66. The van der Waals surface area contributed by atoms with Gasteiger partial charge < -0.3 is 14.9 Å². The van der Waals surface area contributed by atoms with Crippen LogP contribution in [0.1, 0.15) is 5.56 Å². The van der Waals surface area contributed by atoms with E-state index in [1.807, 2.05) is 6.07 Å². The van der Waals surface area contributed by atoms with E-state index in [1.165, 1.54) is 24.5 Å². The summed E-state index contributed by atoms with van der Waals surface area (Å²) in [6.07, 6.45) is -0.886. The molecule has 29 heavy (non-hydrogen) atoms. The van der Waals surface area contributed by atoms with Gasteiger partial charge in [0.25, 0.3) is 5.69 Å². The topological polar surface area (TPSA) is 139 Å². The van der Waals surface area contributed by atoms with E-state index in [1.54, 1.807) is 24.3 Å². The van der Waals surface area contributed by atoms with Crippen molar-refractivity contribution in [1.29, 1.82) is 0 Å². The summed E-state index contributed by atoms with van der Waals surface area (Å²) in [6, 6.07) is 13.0. The zero-order valence-electron chi connectivity index (χ0n) is 15.2. The smallest absolute Gasteiger partial charge is 0.415 e. The molecule has 1 unspecified atom stereocenters. The molecule has 1 amide bonds. The van der Waals surface area contributed by atoms with Gasteiger partial charge in [0.2, 0.25) is 0 Å². The van der Waals surface area contributed by atoms with E-state index < -0.39 is 23.7 Å². The van der Waals surface area contributed by atoms with E-state index >= 15 is 0 Å². The van der Waals surface area contributed by atoms with Gasteiger partial charge in [0.15, 0.2) is 0 Å². The molecular weight excluding hydrogens is 380 g/mol. The van der Waals surface area contributed by atoms with Gasteiger partial charge in [0.1, 0.15) is 18.8 Å². The highest BCUT2D eigenvalue weighted by Gasteiger charge is 2.25. The van der Waals surface area contributed by atoms with Crippen LogP contribution in [0.5, 0.6) is 0 Å². The lowest BCUT2D eigenvalue weighted by Crippen LogP contribution is -2.40. The largest absolute Gasteiger partial charge is 0.444 e. The van der Waals surface area contributed by atoms with Gasteiger partial charge in [-0.15, -0.1) is 0 Å².